The van der Waals surface area contributed by atoms with Crippen LogP contribution in [0.2, 0.25) is 0 Å². The molecule has 0 radical (unpaired) electrons. The number of alkyl halides is 1. The smallest absolute Gasteiger partial charge is 0.307 e. The second-order valence-electron chi connectivity index (χ2n) is 2.93. The van der Waals surface area contributed by atoms with Crippen molar-refractivity contribution < 1.29 is 18.4 Å². The van der Waals surface area contributed by atoms with E-state index in [-0.39, 0.29) is 18.2 Å². The number of nitro benzene ring substituents is 1. The number of rotatable bonds is 5. The molecular formula is C10H8ClF2NO3. The van der Waals surface area contributed by atoms with Gasteiger partial charge in [-0.3, -0.25) is 10.1 Å². The lowest BCUT2D eigenvalue weighted by atomic mass is 10.3. The average molecular weight is 264 g/mol. The van der Waals surface area contributed by atoms with Crippen LogP contribution in [0.15, 0.2) is 24.3 Å². The molecule has 4 nitrogen and oxygen atoms in total. The third-order valence-electron chi connectivity index (χ3n) is 1.79. The van der Waals surface area contributed by atoms with E-state index in [9.17, 15) is 18.9 Å². The Bertz CT molecular complexity index is 451. The summed E-state index contributed by atoms with van der Waals surface area (Å²) in [6.07, 6.45) is 3.09. The molecule has 1 aromatic rings. The molecule has 0 N–H and O–H groups in total. The van der Waals surface area contributed by atoms with Crippen LogP contribution in [0.5, 0.6) is 5.75 Å². The Labute approximate surface area is 101 Å². The van der Waals surface area contributed by atoms with Crippen molar-refractivity contribution in [2.24, 2.45) is 0 Å². The second-order valence-corrected chi connectivity index (χ2v) is 3.24. The maximum atomic E-state index is 13.3. The highest BCUT2D eigenvalue weighted by atomic mass is 35.5. The standard InChI is InChI=1S/C10H8ClF2NO3/c11-3-1-2-4-17-10-6-7(12)9(14(15)16)5-8(10)13/h1-2,5-6H,3-4H2. The molecule has 0 amide bonds. The lowest BCUT2D eigenvalue weighted by Crippen LogP contribution is -2.00. The number of nitrogens with zero attached hydrogens (tertiary/aromatic N) is 1. The van der Waals surface area contributed by atoms with Crippen molar-refractivity contribution in [3.05, 3.63) is 46.0 Å². The predicted molar refractivity (Wildman–Crippen MR) is 58.4 cm³/mol. The van der Waals surface area contributed by atoms with Gasteiger partial charge in [0.05, 0.1) is 11.0 Å². The van der Waals surface area contributed by atoms with E-state index in [0.717, 1.165) is 0 Å². The van der Waals surface area contributed by atoms with Crippen LogP contribution < -0.4 is 4.74 Å². The summed E-state index contributed by atoms with van der Waals surface area (Å²) in [5.74, 6) is -2.24. The van der Waals surface area contributed by atoms with Crippen molar-refractivity contribution in [2.45, 2.75) is 0 Å². The van der Waals surface area contributed by atoms with Gasteiger partial charge in [0.2, 0.25) is 5.82 Å². The zero-order valence-electron chi connectivity index (χ0n) is 8.53. The molecular weight excluding hydrogens is 256 g/mol. The van der Waals surface area contributed by atoms with Crippen LogP contribution in [0, 0.1) is 21.7 Å². The molecule has 0 saturated carbocycles. The molecule has 0 atom stereocenters. The third-order valence-corrected chi connectivity index (χ3v) is 1.97. The van der Waals surface area contributed by atoms with Crippen LogP contribution in [0.4, 0.5) is 14.5 Å². The van der Waals surface area contributed by atoms with Gasteiger partial charge in [0.1, 0.15) is 6.61 Å². The molecule has 92 valence electrons. The Kier molecular flexibility index (Phi) is 4.84. The SMILES string of the molecule is O=[N+]([O-])c1cc(F)c(OCC=CCCl)cc1F. The summed E-state index contributed by atoms with van der Waals surface area (Å²) >= 11 is 5.34. The molecule has 1 aromatic carbocycles. The van der Waals surface area contributed by atoms with Crippen molar-refractivity contribution >= 4 is 17.3 Å². The highest BCUT2D eigenvalue weighted by Gasteiger charge is 2.18. The van der Waals surface area contributed by atoms with Crippen LogP contribution in [0.25, 0.3) is 0 Å². The lowest BCUT2D eigenvalue weighted by molar-refractivity contribution is -0.387. The highest BCUT2D eigenvalue weighted by Crippen LogP contribution is 2.26. The molecule has 0 fully saturated rings. The minimum absolute atomic E-state index is 0.000884. The van der Waals surface area contributed by atoms with Gasteiger partial charge in [-0.05, 0) is 0 Å². The fourth-order valence-corrected chi connectivity index (χ4v) is 1.16. The lowest BCUT2D eigenvalue weighted by Gasteiger charge is -2.04. The van der Waals surface area contributed by atoms with Crippen molar-refractivity contribution in [3.8, 4) is 5.75 Å². The van der Waals surface area contributed by atoms with Gasteiger partial charge < -0.3 is 4.74 Å². The van der Waals surface area contributed by atoms with Crippen LogP contribution in [-0.4, -0.2) is 17.4 Å². The topological polar surface area (TPSA) is 52.4 Å². The first kappa shape index (κ1) is 13.4. The molecule has 0 aliphatic rings. The molecule has 0 heterocycles. The summed E-state index contributed by atoms with van der Waals surface area (Å²) in [6, 6.07) is 1.12. The summed E-state index contributed by atoms with van der Waals surface area (Å²) < 4.78 is 31.3. The molecule has 0 spiro atoms. The van der Waals surface area contributed by atoms with Crippen LogP contribution in [0.1, 0.15) is 0 Å². The van der Waals surface area contributed by atoms with E-state index in [1.807, 2.05) is 0 Å². The number of hydrogen-bond donors (Lipinski definition) is 0. The van der Waals surface area contributed by atoms with E-state index in [1.54, 1.807) is 6.08 Å². The van der Waals surface area contributed by atoms with Gasteiger partial charge in [0.25, 0.3) is 0 Å². The first-order valence-electron chi connectivity index (χ1n) is 4.53. The number of halogens is 3. The normalized spacial score (nSPS) is 10.8. The van der Waals surface area contributed by atoms with Crippen LogP contribution in [0.3, 0.4) is 0 Å². The first-order valence-corrected chi connectivity index (χ1v) is 5.07. The maximum absolute atomic E-state index is 13.3. The van der Waals surface area contributed by atoms with Gasteiger partial charge in [-0.2, -0.15) is 4.39 Å². The Morgan fingerprint density at radius 1 is 1.35 bits per heavy atom. The van der Waals surface area contributed by atoms with Gasteiger partial charge >= 0.3 is 5.69 Å². The molecule has 17 heavy (non-hydrogen) atoms. The van der Waals surface area contributed by atoms with E-state index in [4.69, 9.17) is 16.3 Å². The molecule has 0 aliphatic heterocycles. The Hall–Kier alpha value is -1.69. The molecule has 0 aliphatic carbocycles. The molecule has 0 aromatic heterocycles. The average Bonchev–Trinajstić information content (AvgIpc) is 2.28. The highest BCUT2D eigenvalue weighted by molar-refractivity contribution is 6.18. The Morgan fingerprint density at radius 3 is 2.65 bits per heavy atom. The number of hydrogen-bond acceptors (Lipinski definition) is 3. The minimum Gasteiger partial charge on any atom is -0.486 e. The predicted octanol–water partition coefficient (Wildman–Crippen LogP) is 3.05. The van der Waals surface area contributed by atoms with E-state index in [1.165, 1.54) is 6.08 Å². The van der Waals surface area contributed by atoms with Crippen molar-refractivity contribution in [2.75, 3.05) is 12.5 Å². The summed E-state index contributed by atoms with van der Waals surface area (Å²) in [5, 5.41) is 10.3. The zero-order chi connectivity index (χ0) is 12.8. The van der Waals surface area contributed by atoms with E-state index < -0.39 is 22.2 Å². The van der Waals surface area contributed by atoms with Gasteiger partial charge in [-0.25, -0.2) is 4.39 Å². The summed E-state index contributed by atoms with van der Waals surface area (Å²) in [7, 11) is 0. The molecule has 0 unspecified atom stereocenters. The first-order chi connectivity index (χ1) is 8.06. The Balaban J connectivity index is 2.84. The number of ether oxygens (including phenoxy) is 1. The summed E-state index contributed by atoms with van der Waals surface area (Å²) in [5.41, 5.74) is -0.925. The van der Waals surface area contributed by atoms with E-state index in [0.29, 0.717) is 12.1 Å². The second kappa shape index (κ2) is 6.15. The monoisotopic (exact) mass is 263 g/mol. The van der Waals surface area contributed by atoms with Crippen LogP contribution in [-0.2, 0) is 0 Å². The number of nitro groups is 1. The summed E-state index contributed by atoms with van der Waals surface area (Å²) in [4.78, 5) is 9.31. The third kappa shape index (κ3) is 3.67. The molecule has 0 bridgehead atoms. The number of allylic oxidation sites excluding steroid dienone is 1. The minimum atomic E-state index is -1.15. The largest absolute Gasteiger partial charge is 0.486 e. The van der Waals surface area contributed by atoms with Crippen molar-refractivity contribution in [3.63, 3.8) is 0 Å². The van der Waals surface area contributed by atoms with E-state index >= 15 is 0 Å². The van der Waals surface area contributed by atoms with Crippen LogP contribution >= 0.6 is 11.6 Å². The molecule has 7 heteroatoms. The van der Waals surface area contributed by atoms with Gasteiger partial charge in [0, 0.05) is 11.9 Å². The van der Waals surface area contributed by atoms with Crippen molar-refractivity contribution in [1.29, 1.82) is 0 Å². The fourth-order valence-electron chi connectivity index (χ4n) is 1.04. The van der Waals surface area contributed by atoms with Gasteiger partial charge in [-0.1, -0.05) is 12.2 Å². The van der Waals surface area contributed by atoms with Gasteiger partial charge in [0.15, 0.2) is 11.6 Å². The Morgan fingerprint density at radius 2 is 2.06 bits per heavy atom. The fraction of sp³-hybridized carbons (Fsp3) is 0.200. The summed E-state index contributed by atoms with van der Waals surface area (Å²) in [6.45, 7) is 0.000884. The molecule has 0 saturated heterocycles. The van der Waals surface area contributed by atoms with E-state index in [2.05, 4.69) is 0 Å². The number of benzene rings is 1. The van der Waals surface area contributed by atoms with Gasteiger partial charge in [-0.15, -0.1) is 11.6 Å². The maximum Gasteiger partial charge on any atom is 0.307 e. The zero-order valence-corrected chi connectivity index (χ0v) is 9.29. The quantitative estimate of drug-likeness (QED) is 0.355. The van der Waals surface area contributed by atoms with Crippen molar-refractivity contribution in [1.82, 2.24) is 0 Å². The molecule has 1 rings (SSSR count).